The van der Waals surface area contributed by atoms with Gasteiger partial charge in [0.15, 0.2) is 0 Å². The summed E-state index contributed by atoms with van der Waals surface area (Å²) in [6, 6.07) is 0. The Kier molecular flexibility index (Phi) is 4.51. The van der Waals surface area contributed by atoms with E-state index >= 15 is 0 Å². The van der Waals surface area contributed by atoms with Crippen molar-refractivity contribution in [2.45, 2.75) is 65.4 Å². The molecule has 0 saturated carbocycles. The average molecular weight is 241 g/mol. The third-order valence-electron chi connectivity index (χ3n) is 2.90. The van der Waals surface area contributed by atoms with Crippen LogP contribution in [0, 0.1) is 0 Å². The summed E-state index contributed by atoms with van der Waals surface area (Å²) >= 11 is 1.68. The molecular weight excluding hydrogens is 218 g/mol. The molecule has 0 aromatic carbocycles. The van der Waals surface area contributed by atoms with Gasteiger partial charge in [0.2, 0.25) is 0 Å². The van der Waals surface area contributed by atoms with E-state index in [-0.39, 0.29) is 12.0 Å². The van der Waals surface area contributed by atoms with Gasteiger partial charge in [-0.15, -0.1) is 11.3 Å². The third kappa shape index (κ3) is 2.83. The Balaban J connectivity index is 3.12. The van der Waals surface area contributed by atoms with E-state index in [4.69, 9.17) is 4.98 Å². The molecule has 0 saturated heterocycles. The highest BCUT2D eigenvalue weighted by Crippen LogP contribution is 2.34. The molecule has 0 bridgehead atoms. The lowest BCUT2D eigenvalue weighted by Crippen LogP contribution is -2.14. The molecule has 0 aliphatic heterocycles. The van der Waals surface area contributed by atoms with Crippen LogP contribution in [-0.4, -0.2) is 10.1 Å². The fraction of sp³-hybridized carbons (Fsp3) is 0.769. The molecule has 1 aromatic heterocycles. The van der Waals surface area contributed by atoms with Crippen molar-refractivity contribution in [1.82, 2.24) is 4.98 Å². The minimum absolute atomic E-state index is 0.0266. The molecular formula is C13H23NOS. The minimum Gasteiger partial charge on any atom is -0.391 e. The predicted molar refractivity (Wildman–Crippen MR) is 70.1 cm³/mol. The molecule has 0 aliphatic rings. The van der Waals surface area contributed by atoms with E-state index in [2.05, 4.69) is 34.6 Å². The van der Waals surface area contributed by atoms with Gasteiger partial charge < -0.3 is 5.11 Å². The molecule has 0 spiro atoms. The zero-order chi connectivity index (χ0) is 12.3. The van der Waals surface area contributed by atoms with Gasteiger partial charge in [0, 0.05) is 11.3 Å². The van der Waals surface area contributed by atoms with Crippen molar-refractivity contribution in [3.05, 3.63) is 15.6 Å². The van der Waals surface area contributed by atoms with E-state index in [0.29, 0.717) is 5.92 Å². The van der Waals surface area contributed by atoms with Crippen molar-refractivity contribution in [3.63, 3.8) is 0 Å². The summed E-state index contributed by atoms with van der Waals surface area (Å²) in [5.74, 6) is 0.548. The third-order valence-corrected chi connectivity index (χ3v) is 4.11. The lowest BCUT2D eigenvalue weighted by atomic mass is 9.91. The zero-order valence-electron chi connectivity index (χ0n) is 11.0. The topological polar surface area (TPSA) is 33.1 Å². The fourth-order valence-corrected chi connectivity index (χ4v) is 3.28. The molecule has 0 aliphatic carbocycles. The molecule has 1 rings (SSSR count). The van der Waals surface area contributed by atoms with Crippen LogP contribution in [-0.2, 0) is 12.0 Å². The molecule has 0 atom stereocenters. The normalized spacial score (nSPS) is 12.4. The summed E-state index contributed by atoms with van der Waals surface area (Å²) in [5.41, 5.74) is 1.10. The Morgan fingerprint density at radius 2 is 1.81 bits per heavy atom. The summed E-state index contributed by atoms with van der Waals surface area (Å²) in [5, 5.41) is 10.6. The highest BCUT2D eigenvalue weighted by molar-refractivity contribution is 7.11. The van der Waals surface area contributed by atoms with Crippen molar-refractivity contribution < 1.29 is 5.11 Å². The van der Waals surface area contributed by atoms with Crippen LogP contribution in [0.3, 0.4) is 0 Å². The Hall–Kier alpha value is -0.410. The van der Waals surface area contributed by atoms with Crippen molar-refractivity contribution in [1.29, 1.82) is 0 Å². The number of rotatable bonds is 4. The molecule has 0 unspecified atom stereocenters. The first kappa shape index (κ1) is 13.7. The summed E-state index contributed by atoms with van der Waals surface area (Å²) in [6.07, 6.45) is 2.25. The quantitative estimate of drug-likeness (QED) is 0.869. The van der Waals surface area contributed by atoms with E-state index in [9.17, 15) is 5.11 Å². The molecule has 2 nitrogen and oxygen atoms in total. The average Bonchev–Trinajstić information content (AvgIpc) is 2.63. The zero-order valence-corrected chi connectivity index (χ0v) is 11.8. The first-order valence-corrected chi connectivity index (χ1v) is 6.86. The summed E-state index contributed by atoms with van der Waals surface area (Å²) < 4.78 is 0. The molecule has 0 fully saturated rings. The number of thiazole rings is 1. The Morgan fingerprint density at radius 3 is 2.12 bits per heavy atom. The number of aliphatic hydroxyl groups excluding tert-OH is 1. The highest BCUT2D eigenvalue weighted by atomic mass is 32.1. The van der Waals surface area contributed by atoms with Crippen molar-refractivity contribution in [2.75, 3.05) is 0 Å². The number of aliphatic hydroxyl groups is 1. The fourth-order valence-electron chi connectivity index (χ4n) is 1.88. The lowest BCUT2D eigenvalue weighted by molar-refractivity contribution is 0.282. The summed E-state index contributed by atoms with van der Waals surface area (Å²) in [4.78, 5) is 5.79. The van der Waals surface area contributed by atoms with Gasteiger partial charge in [0.05, 0.1) is 22.2 Å². The highest BCUT2D eigenvalue weighted by Gasteiger charge is 2.24. The first-order valence-electron chi connectivity index (χ1n) is 6.04. The van der Waals surface area contributed by atoms with Gasteiger partial charge in [-0.1, -0.05) is 34.6 Å². The molecule has 1 heterocycles. The molecule has 3 heteroatoms. The van der Waals surface area contributed by atoms with E-state index in [0.717, 1.165) is 23.4 Å². The molecule has 0 amide bonds. The SMILES string of the molecule is CCC(CC)c1nc(C(C)(C)C)c(CO)s1. The van der Waals surface area contributed by atoms with E-state index in [1.165, 1.54) is 5.01 Å². The smallest absolute Gasteiger partial charge is 0.0962 e. The van der Waals surface area contributed by atoms with Crippen LogP contribution < -0.4 is 0 Å². The van der Waals surface area contributed by atoms with Gasteiger partial charge in [-0.2, -0.15) is 0 Å². The van der Waals surface area contributed by atoms with Crippen molar-refractivity contribution in [3.8, 4) is 0 Å². The molecule has 92 valence electrons. The van der Waals surface area contributed by atoms with Gasteiger partial charge in [-0.3, -0.25) is 0 Å². The van der Waals surface area contributed by atoms with Crippen molar-refractivity contribution >= 4 is 11.3 Å². The Labute approximate surface area is 103 Å². The maximum atomic E-state index is 9.39. The van der Waals surface area contributed by atoms with E-state index in [1.54, 1.807) is 11.3 Å². The standard InChI is InChI=1S/C13H23NOS/c1-6-9(7-2)12-14-11(13(3,4)5)10(8-15)16-12/h9,15H,6-8H2,1-5H3. The Morgan fingerprint density at radius 1 is 1.25 bits per heavy atom. The first-order chi connectivity index (χ1) is 7.43. The van der Waals surface area contributed by atoms with Gasteiger partial charge in [-0.05, 0) is 12.8 Å². The van der Waals surface area contributed by atoms with Gasteiger partial charge in [0.1, 0.15) is 0 Å². The van der Waals surface area contributed by atoms with Crippen LogP contribution in [0.1, 0.15) is 69.0 Å². The van der Waals surface area contributed by atoms with Gasteiger partial charge in [-0.25, -0.2) is 4.98 Å². The van der Waals surface area contributed by atoms with E-state index in [1.807, 2.05) is 0 Å². The monoisotopic (exact) mass is 241 g/mol. The van der Waals surface area contributed by atoms with Crippen LogP contribution >= 0.6 is 11.3 Å². The second kappa shape index (κ2) is 5.28. The number of nitrogens with zero attached hydrogens (tertiary/aromatic N) is 1. The second-order valence-electron chi connectivity index (χ2n) is 5.25. The van der Waals surface area contributed by atoms with Crippen LogP contribution in [0.5, 0.6) is 0 Å². The lowest BCUT2D eigenvalue weighted by Gasteiger charge is -2.17. The number of hydrogen-bond acceptors (Lipinski definition) is 3. The van der Waals surface area contributed by atoms with Crippen LogP contribution in [0.2, 0.25) is 0 Å². The van der Waals surface area contributed by atoms with Gasteiger partial charge in [0.25, 0.3) is 0 Å². The maximum absolute atomic E-state index is 9.39. The Bertz CT molecular complexity index is 334. The summed E-state index contributed by atoms with van der Waals surface area (Å²) in [6.45, 7) is 11.0. The summed E-state index contributed by atoms with van der Waals surface area (Å²) in [7, 11) is 0. The van der Waals surface area contributed by atoms with Crippen LogP contribution in [0.25, 0.3) is 0 Å². The van der Waals surface area contributed by atoms with E-state index < -0.39 is 0 Å². The molecule has 16 heavy (non-hydrogen) atoms. The molecule has 1 N–H and O–H groups in total. The van der Waals surface area contributed by atoms with Gasteiger partial charge >= 0.3 is 0 Å². The second-order valence-corrected chi connectivity index (χ2v) is 6.36. The maximum Gasteiger partial charge on any atom is 0.0962 e. The minimum atomic E-state index is 0.0266. The number of hydrogen-bond donors (Lipinski definition) is 1. The van der Waals surface area contributed by atoms with Crippen LogP contribution in [0.15, 0.2) is 0 Å². The van der Waals surface area contributed by atoms with Crippen molar-refractivity contribution in [2.24, 2.45) is 0 Å². The number of aromatic nitrogens is 1. The molecule has 1 aromatic rings. The predicted octanol–water partition coefficient (Wildman–Crippen LogP) is 3.84. The molecule has 0 radical (unpaired) electrons. The largest absolute Gasteiger partial charge is 0.391 e. The van der Waals surface area contributed by atoms with Crippen LogP contribution in [0.4, 0.5) is 0 Å².